The first kappa shape index (κ1) is 16.2. The molecule has 0 aliphatic carbocycles. The fourth-order valence-electron chi connectivity index (χ4n) is 3.34. The van der Waals surface area contributed by atoms with Crippen molar-refractivity contribution in [3.8, 4) is 5.88 Å². The lowest BCUT2D eigenvalue weighted by atomic mass is 9.79. The molecule has 6 nitrogen and oxygen atoms in total. The fourth-order valence-corrected chi connectivity index (χ4v) is 3.34. The summed E-state index contributed by atoms with van der Waals surface area (Å²) in [5, 5.41) is 0. The van der Waals surface area contributed by atoms with Crippen molar-refractivity contribution in [3.63, 3.8) is 0 Å². The average Bonchev–Trinajstić information content (AvgIpc) is 2.96. The molecule has 2 aliphatic heterocycles. The van der Waals surface area contributed by atoms with E-state index >= 15 is 0 Å². The number of rotatable bonds is 7. The molecule has 1 aromatic heterocycles. The van der Waals surface area contributed by atoms with Crippen LogP contribution < -0.4 is 4.74 Å². The predicted molar refractivity (Wildman–Crippen MR) is 84.2 cm³/mol. The molecule has 23 heavy (non-hydrogen) atoms. The number of amides is 1. The summed E-state index contributed by atoms with van der Waals surface area (Å²) in [7, 11) is 0. The maximum Gasteiger partial charge on any atom is 0.248 e. The molecule has 0 aromatic carbocycles. The van der Waals surface area contributed by atoms with E-state index in [2.05, 4.69) is 4.98 Å². The SMILES string of the molecule is CCOCC(=O)N1CC2(C1)OCC[C@H]2CCOc1ccccn1. The summed E-state index contributed by atoms with van der Waals surface area (Å²) in [6.07, 6.45) is 3.67. The van der Waals surface area contributed by atoms with Crippen LogP contribution in [0, 0.1) is 5.92 Å². The minimum atomic E-state index is -0.171. The highest BCUT2D eigenvalue weighted by Crippen LogP contribution is 2.41. The van der Waals surface area contributed by atoms with Gasteiger partial charge in [0.1, 0.15) is 12.2 Å². The van der Waals surface area contributed by atoms with Gasteiger partial charge in [0.25, 0.3) is 0 Å². The lowest BCUT2D eigenvalue weighted by Gasteiger charge is -2.50. The van der Waals surface area contributed by atoms with Crippen LogP contribution in [0.15, 0.2) is 24.4 Å². The lowest BCUT2D eigenvalue weighted by molar-refractivity contribution is -0.169. The monoisotopic (exact) mass is 320 g/mol. The van der Waals surface area contributed by atoms with Crippen LogP contribution in [0.3, 0.4) is 0 Å². The van der Waals surface area contributed by atoms with Crippen molar-refractivity contribution in [3.05, 3.63) is 24.4 Å². The molecule has 0 N–H and O–H groups in total. The van der Waals surface area contributed by atoms with Gasteiger partial charge in [-0.25, -0.2) is 4.98 Å². The summed E-state index contributed by atoms with van der Waals surface area (Å²) in [5.41, 5.74) is -0.171. The molecule has 2 fully saturated rings. The molecule has 1 spiro atoms. The van der Waals surface area contributed by atoms with Gasteiger partial charge in [-0.15, -0.1) is 0 Å². The van der Waals surface area contributed by atoms with Gasteiger partial charge in [-0.1, -0.05) is 6.07 Å². The van der Waals surface area contributed by atoms with Crippen molar-refractivity contribution < 1.29 is 19.0 Å². The second-order valence-corrected chi connectivity index (χ2v) is 6.09. The molecular formula is C17H24N2O4. The Balaban J connectivity index is 1.45. The van der Waals surface area contributed by atoms with Crippen molar-refractivity contribution in [1.82, 2.24) is 9.88 Å². The molecule has 2 aliphatic rings. The predicted octanol–water partition coefficient (Wildman–Crippen LogP) is 1.50. The quantitative estimate of drug-likeness (QED) is 0.762. The van der Waals surface area contributed by atoms with Crippen LogP contribution in [-0.2, 0) is 14.3 Å². The lowest BCUT2D eigenvalue weighted by Crippen LogP contribution is -2.66. The van der Waals surface area contributed by atoms with Crippen LogP contribution in [0.1, 0.15) is 19.8 Å². The number of nitrogens with zero attached hydrogens (tertiary/aromatic N) is 2. The number of carbonyl (C=O) groups is 1. The van der Waals surface area contributed by atoms with E-state index in [1.165, 1.54) is 0 Å². The maximum atomic E-state index is 11.9. The van der Waals surface area contributed by atoms with Crippen LogP contribution in [0.4, 0.5) is 0 Å². The molecule has 0 saturated carbocycles. The van der Waals surface area contributed by atoms with Gasteiger partial charge < -0.3 is 19.1 Å². The minimum Gasteiger partial charge on any atom is -0.478 e. The smallest absolute Gasteiger partial charge is 0.248 e. The van der Waals surface area contributed by atoms with E-state index in [-0.39, 0.29) is 18.1 Å². The first-order chi connectivity index (χ1) is 11.2. The summed E-state index contributed by atoms with van der Waals surface area (Å²) in [4.78, 5) is 17.9. The highest BCUT2D eigenvalue weighted by Gasteiger charge is 2.54. The van der Waals surface area contributed by atoms with E-state index in [0.717, 1.165) is 19.4 Å². The summed E-state index contributed by atoms with van der Waals surface area (Å²) in [6.45, 7) is 5.36. The summed E-state index contributed by atoms with van der Waals surface area (Å²) >= 11 is 0. The Morgan fingerprint density at radius 1 is 1.48 bits per heavy atom. The Kier molecular flexibility index (Phi) is 5.13. The topological polar surface area (TPSA) is 60.9 Å². The van der Waals surface area contributed by atoms with Crippen LogP contribution >= 0.6 is 0 Å². The van der Waals surface area contributed by atoms with Crippen molar-refractivity contribution >= 4 is 5.91 Å². The van der Waals surface area contributed by atoms with Crippen molar-refractivity contribution in [2.75, 3.05) is 39.5 Å². The number of pyridine rings is 1. The van der Waals surface area contributed by atoms with Gasteiger partial charge in [-0.3, -0.25) is 4.79 Å². The molecule has 0 bridgehead atoms. The Morgan fingerprint density at radius 3 is 3.09 bits per heavy atom. The van der Waals surface area contributed by atoms with Crippen molar-refractivity contribution in [2.24, 2.45) is 5.92 Å². The zero-order valence-corrected chi connectivity index (χ0v) is 13.6. The molecule has 3 heterocycles. The Hall–Kier alpha value is -1.66. The van der Waals surface area contributed by atoms with Crippen LogP contribution in [0.25, 0.3) is 0 Å². The minimum absolute atomic E-state index is 0.0523. The number of hydrogen-bond acceptors (Lipinski definition) is 5. The van der Waals surface area contributed by atoms with Crippen LogP contribution in [0.2, 0.25) is 0 Å². The van der Waals surface area contributed by atoms with E-state index in [4.69, 9.17) is 14.2 Å². The van der Waals surface area contributed by atoms with Gasteiger partial charge in [-0.2, -0.15) is 0 Å². The molecule has 1 atom stereocenters. The fraction of sp³-hybridized carbons (Fsp3) is 0.647. The third-order valence-corrected chi connectivity index (χ3v) is 4.65. The number of hydrogen-bond donors (Lipinski definition) is 0. The third-order valence-electron chi connectivity index (χ3n) is 4.65. The largest absolute Gasteiger partial charge is 0.478 e. The Labute approximate surface area is 136 Å². The molecule has 2 saturated heterocycles. The maximum absolute atomic E-state index is 11.9. The molecule has 0 radical (unpaired) electrons. The zero-order valence-electron chi connectivity index (χ0n) is 13.6. The molecular weight excluding hydrogens is 296 g/mol. The third kappa shape index (κ3) is 3.64. The molecule has 1 amide bonds. The standard InChI is InChI=1S/C17H24N2O4/c1-2-21-11-16(20)19-12-17(13-19)14(7-10-23-17)6-9-22-15-5-3-4-8-18-15/h3-5,8,14H,2,6-7,9-13H2,1H3/t14-/m1/s1. The van der Waals surface area contributed by atoms with E-state index in [1.54, 1.807) is 6.20 Å². The molecule has 0 unspecified atom stereocenters. The normalized spacial score (nSPS) is 22.1. The summed E-state index contributed by atoms with van der Waals surface area (Å²) < 4.78 is 16.8. The van der Waals surface area contributed by atoms with Gasteiger partial charge in [0.2, 0.25) is 11.8 Å². The van der Waals surface area contributed by atoms with Gasteiger partial charge in [0.15, 0.2) is 0 Å². The van der Waals surface area contributed by atoms with E-state index < -0.39 is 0 Å². The summed E-state index contributed by atoms with van der Waals surface area (Å²) in [5.74, 6) is 1.14. The van der Waals surface area contributed by atoms with Crippen LogP contribution in [-0.4, -0.2) is 60.9 Å². The second kappa shape index (κ2) is 7.27. The Bertz CT molecular complexity index is 517. The van der Waals surface area contributed by atoms with Gasteiger partial charge in [0.05, 0.1) is 19.7 Å². The molecule has 6 heteroatoms. The number of carbonyl (C=O) groups excluding carboxylic acids is 1. The van der Waals surface area contributed by atoms with Gasteiger partial charge in [0, 0.05) is 25.5 Å². The highest BCUT2D eigenvalue weighted by atomic mass is 16.5. The first-order valence-corrected chi connectivity index (χ1v) is 8.27. The van der Waals surface area contributed by atoms with E-state index in [0.29, 0.717) is 38.1 Å². The summed E-state index contributed by atoms with van der Waals surface area (Å²) in [6, 6.07) is 5.64. The zero-order chi connectivity index (χ0) is 16.1. The van der Waals surface area contributed by atoms with Crippen molar-refractivity contribution in [2.45, 2.75) is 25.4 Å². The van der Waals surface area contributed by atoms with Crippen LogP contribution in [0.5, 0.6) is 5.88 Å². The molecule has 1 aromatic rings. The number of ether oxygens (including phenoxy) is 3. The molecule has 3 rings (SSSR count). The van der Waals surface area contributed by atoms with Gasteiger partial charge >= 0.3 is 0 Å². The first-order valence-electron chi connectivity index (χ1n) is 8.27. The molecule has 126 valence electrons. The highest BCUT2D eigenvalue weighted by molar-refractivity contribution is 5.78. The second-order valence-electron chi connectivity index (χ2n) is 6.09. The number of aromatic nitrogens is 1. The van der Waals surface area contributed by atoms with E-state index in [1.807, 2.05) is 30.0 Å². The van der Waals surface area contributed by atoms with Crippen molar-refractivity contribution in [1.29, 1.82) is 0 Å². The van der Waals surface area contributed by atoms with E-state index in [9.17, 15) is 4.79 Å². The number of likely N-dealkylation sites (tertiary alicyclic amines) is 1. The average molecular weight is 320 g/mol. The van der Waals surface area contributed by atoms with Gasteiger partial charge in [-0.05, 0) is 31.7 Å². The Morgan fingerprint density at radius 2 is 2.35 bits per heavy atom.